The Kier molecular flexibility index (Phi) is 7.30. The van der Waals surface area contributed by atoms with Crippen molar-refractivity contribution in [3.63, 3.8) is 0 Å². The number of aromatic hydroxyl groups is 1. The minimum absolute atomic E-state index is 0.0489. The summed E-state index contributed by atoms with van der Waals surface area (Å²) < 4.78 is 36.4. The number of aliphatic hydroxyl groups excluding tert-OH is 1. The summed E-state index contributed by atoms with van der Waals surface area (Å²) in [5.41, 5.74) is 5.65. The summed E-state index contributed by atoms with van der Waals surface area (Å²) in [7, 11) is -3.41. The van der Waals surface area contributed by atoms with Crippen LogP contribution in [0.25, 0.3) is 6.08 Å². The first-order valence-corrected chi connectivity index (χ1v) is 10.6. The van der Waals surface area contributed by atoms with E-state index >= 15 is 0 Å². The van der Waals surface area contributed by atoms with E-state index in [1.54, 1.807) is 0 Å². The average molecular weight is 436 g/mol. The maximum atomic E-state index is 13.4. The highest BCUT2D eigenvalue weighted by Gasteiger charge is 2.22. The summed E-state index contributed by atoms with van der Waals surface area (Å²) in [6.07, 6.45) is 2.03. The highest BCUT2D eigenvalue weighted by atomic mass is 32.2. The molecule has 0 fully saturated rings. The Labute approximate surface area is 172 Å². The van der Waals surface area contributed by atoms with E-state index in [1.165, 1.54) is 48.5 Å². The zero-order valence-corrected chi connectivity index (χ0v) is 16.8. The first kappa shape index (κ1) is 23.0. The Balaban J connectivity index is 2.07. The summed E-state index contributed by atoms with van der Waals surface area (Å²) in [5.74, 6) is -1.85. The lowest BCUT2D eigenvalue weighted by Gasteiger charge is -2.21. The summed E-state index contributed by atoms with van der Waals surface area (Å²) in [5, 5.41) is 22.4. The van der Waals surface area contributed by atoms with Gasteiger partial charge in [-0.2, -0.15) is 0 Å². The maximum Gasteiger partial charge on any atom is 0.252 e. The summed E-state index contributed by atoms with van der Waals surface area (Å²) in [6, 6.07) is 7.97. The van der Waals surface area contributed by atoms with Crippen LogP contribution < -0.4 is 11.1 Å². The molecule has 0 heterocycles. The minimum atomic E-state index is -3.41. The van der Waals surface area contributed by atoms with Crippen molar-refractivity contribution in [3.8, 4) is 5.75 Å². The van der Waals surface area contributed by atoms with E-state index < -0.39 is 40.5 Å². The van der Waals surface area contributed by atoms with Gasteiger partial charge in [0.25, 0.3) is 5.91 Å². The molecule has 2 aromatic carbocycles. The summed E-state index contributed by atoms with van der Waals surface area (Å²) in [6.45, 7) is -1.07. The molecule has 160 valence electrons. The van der Waals surface area contributed by atoms with E-state index in [-0.39, 0.29) is 21.8 Å². The first-order valence-electron chi connectivity index (χ1n) is 8.68. The largest absolute Gasteiger partial charge is 0.507 e. The van der Waals surface area contributed by atoms with Crippen molar-refractivity contribution in [2.24, 2.45) is 5.73 Å². The van der Waals surface area contributed by atoms with E-state index in [0.29, 0.717) is 5.56 Å². The van der Waals surface area contributed by atoms with Crippen molar-refractivity contribution in [1.29, 1.82) is 0 Å². The van der Waals surface area contributed by atoms with Gasteiger partial charge in [-0.25, -0.2) is 12.8 Å². The number of nitrogens with two attached hydrogens (primary N) is 1. The van der Waals surface area contributed by atoms with Gasteiger partial charge in [0.05, 0.1) is 16.5 Å². The normalized spacial score (nSPS) is 13.7. The molecular weight excluding hydrogens is 415 g/mol. The Morgan fingerprint density at radius 3 is 2.33 bits per heavy atom. The Morgan fingerprint density at radius 1 is 1.20 bits per heavy atom. The predicted molar refractivity (Wildman–Crippen MR) is 108 cm³/mol. The van der Waals surface area contributed by atoms with Gasteiger partial charge in [0.1, 0.15) is 18.5 Å². The molecule has 30 heavy (non-hydrogen) atoms. The molecule has 0 radical (unpaired) electrons. The Bertz CT molecular complexity index is 1070. The lowest BCUT2D eigenvalue weighted by molar-refractivity contribution is -0.118. The van der Waals surface area contributed by atoms with Gasteiger partial charge in [0.15, 0.2) is 9.84 Å². The summed E-state index contributed by atoms with van der Waals surface area (Å²) in [4.78, 5) is 23.2. The number of rotatable bonds is 8. The fourth-order valence-electron chi connectivity index (χ4n) is 2.61. The third kappa shape index (κ3) is 5.88. The smallest absolute Gasteiger partial charge is 0.252 e. The molecule has 0 saturated heterocycles. The van der Waals surface area contributed by atoms with E-state index in [1.807, 2.05) is 0 Å². The second-order valence-electron chi connectivity index (χ2n) is 6.53. The van der Waals surface area contributed by atoms with Gasteiger partial charge in [-0.3, -0.25) is 9.59 Å². The van der Waals surface area contributed by atoms with Crippen molar-refractivity contribution in [2.45, 2.75) is 17.0 Å². The molecule has 8 nitrogen and oxygen atoms in total. The number of aliphatic hydroxyl groups is 1. The molecule has 2 rings (SSSR count). The van der Waals surface area contributed by atoms with Crippen LogP contribution in [0.4, 0.5) is 4.39 Å². The topological polar surface area (TPSA) is 147 Å². The van der Waals surface area contributed by atoms with Crippen LogP contribution in [0.3, 0.4) is 0 Å². The number of carbonyl (C=O) groups excluding carboxylic acids is 2. The molecule has 2 amide bonds. The zero-order valence-electron chi connectivity index (χ0n) is 15.9. The van der Waals surface area contributed by atoms with E-state index in [9.17, 15) is 32.6 Å². The van der Waals surface area contributed by atoms with Crippen LogP contribution in [0.2, 0.25) is 0 Å². The van der Waals surface area contributed by atoms with E-state index in [2.05, 4.69) is 5.32 Å². The van der Waals surface area contributed by atoms with Gasteiger partial charge in [0.2, 0.25) is 5.91 Å². The molecule has 0 aliphatic heterocycles. The average Bonchev–Trinajstić information content (AvgIpc) is 2.69. The predicted octanol–water partition coefficient (Wildman–Crippen LogP) is 1.10. The lowest BCUT2D eigenvalue weighted by Crippen LogP contribution is -2.40. The highest BCUT2D eigenvalue weighted by Crippen LogP contribution is 2.21. The first-order chi connectivity index (χ1) is 14.0. The fraction of sp³-hybridized carbons (Fsp3) is 0.200. The number of hydrogen-bond donors (Lipinski definition) is 4. The number of hydrogen-bond acceptors (Lipinski definition) is 6. The maximum absolute atomic E-state index is 13.4. The Hall–Kier alpha value is -3.24. The van der Waals surface area contributed by atoms with E-state index in [4.69, 9.17) is 5.73 Å². The molecule has 2 atom stereocenters. The molecule has 0 aliphatic carbocycles. The molecule has 2 aromatic rings. The molecular formula is C20H21FN2O6S. The molecule has 0 spiro atoms. The van der Waals surface area contributed by atoms with Crippen LogP contribution in [-0.4, -0.2) is 49.4 Å². The molecule has 10 heteroatoms. The summed E-state index contributed by atoms with van der Waals surface area (Å²) >= 11 is 0. The number of amides is 2. The van der Waals surface area contributed by atoms with Gasteiger partial charge >= 0.3 is 0 Å². The third-order valence-electron chi connectivity index (χ3n) is 4.24. The van der Waals surface area contributed by atoms with Crippen molar-refractivity contribution >= 4 is 27.7 Å². The van der Waals surface area contributed by atoms with Crippen molar-refractivity contribution in [3.05, 3.63) is 65.2 Å². The monoisotopic (exact) mass is 436 g/mol. The fourth-order valence-corrected chi connectivity index (χ4v) is 3.24. The van der Waals surface area contributed by atoms with Crippen LogP contribution >= 0.6 is 0 Å². The number of nitrogens with one attached hydrogen (secondary N) is 1. The van der Waals surface area contributed by atoms with Crippen LogP contribution in [0.1, 0.15) is 27.6 Å². The number of phenols is 1. The second-order valence-corrected chi connectivity index (χ2v) is 8.55. The van der Waals surface area contributed by atoms with Crippen molar-refractivity contribution in [1.82, 2.24) is 5.32 Å². The SMILES string of the molecule is CS(=O)(=O)c1ccc(C(O)C(CF)NC(=O)C=Cc2ccc(C(N)=O)c(O)c2)cc1. The van der Waals surface area contributed by atoms with Crippen LogP contribution in [0.15, 0.2) is 53.4 Å². The molecule has 0 saturated carbocycles. The van der Waals surface area contributed by atoms with Gasteiger partial charge in [-0.1, -0.05) is 18.2 Å². The third-order valence-corrected chi connectivity index (χ3v) is 5.37. The molecule has 0 aliphatic rings. The minimum Gasteiger partial charge on any atom is -0.507 e. The number of carbonyl (C=O) groups is 2. The van der Waals surface area contributed by atoms with Gasteiger partial charge in [-0.15, -0.1) is 0 Å². The molecule has 2 unspecified atom stereocenters. The van der Waals surface area contributed by atoms with Crippen molar-refractivity contribution < 1.29 is 32.6 Å². The molecule has 0 aromatic heterocycles. The number of benzene rings is 2. The van der Waals surface area contributed by atoms with Gasteiger partial charge in [-0.05, 0) is 41.5 Å². The number of halogens is 1. The Morgan fingerprint density at radius 2 is 1.83 bits per heavy atom. The van der Waals surface area contributed by atoms with Crippen LogP contribution in [-0.2, 0) is 14.6 Å². The number of sulfone groups is 1. The molecule has 5 N–H and O–H groups in total. The van der Waals surface area contributed by atoms with Crippen LogP contribution in [0, 0.1) is 0 Å². The van der Waals surface area contributed by atoms with E-state index in [0.717, 1.165) is 12.3 Å². The van der Waals surface area contributed by atoms with Crippen molar-refractivity contribution in [2.75, 3.05) is 12.9 Å². The zero-order chi connectivity index (χ0) is 22.5. The van der Waals surface area contributed by atoms with Gasteiger partial charge in [0, 0.05) is 12.3 Å². The van der Waals surface area contributed by atoms with Gasteiger partial charge < -0.3 is 21.3 Å². The quantitative estimate of drug-likeness (QED) is 0.456. The number of alkyl halides is 1. The van der Waals surface area contributed by atoms with Crippen LogP contribution in [0.5, 0.6) is 5.75 Å². The standard InChI is InChI=1S/C20H21FN2O6S/c1-30(28,29)14-6-4-13(5-7-14)19(26)16(11-21)23-18(25)9-3-12-2-8-15(20(22)27)17(24)10-12/h2-10,16,19,24,26H,11H2,1H3,(H2,22,27)(H,23,25). The lowest BCUT2D eigenvalue weighted by atomic mass is 10.0. The number of primary amides is 1. The highest BCUT2D eigenvalue weighted by molar-refractivity contribution is 7.90. The second kappa shape index (κ2) is 9.51. The molecule has 0 bridgehead atoms.